The molecule has 0 amide bonds. The summed E-state index contributed by atoms with van der Waals surface area (Å²) in [5.41, 5.74) is 0.231. The molecule has 1 aromatic rings. The fourth-order valence-corrected chi connectivity index (χ4v) is 4.20. The molecule has 1 unspecified atom stereocenters. The number of thiophene rings is 1. The van der Waals surface area contributed by atoms with Gasteiger partial charge >= 0.3 is 0 Å². The zero-order valence-electron chi connectivity index (χ0n) is 9.35. The summed E-state index contributed by atoms with van der Waals surface area (Å²) in [6.07, 6.45) is 3.94. The van der Waals surface area contributed by atoms with E-state index in [1.54, 1.807) is 0 Å². The van der Waals surface area contributed by atoms with Gasteiger partial charge in [-0.15, -0.1) is 11.3 Å². The van der Waals surface area contributed by atoms with Crippen molar-refractivity contribution >= 4 is 27.3 Å². The van der Waals surface area contributed by atoms with Crippen molar-refractivity contribution in [3.8, 4) is 0 Å². The van der Waals surface area contributed by atoms with Crippen LogP contribution in [0.3, 0.4) is 0 Å². The largest absolute Gasteiger partial charge is 0.307 e. The Morgan fingerprint density at radius 1 is 1.40 bits per heavy atom. The first-order chi connectivity index (χ1) is 7.15. The number of piperidine rings is 1. The molecule has 0 aliphatic carbocycles. The Hall–Kier alpha value is 0.140. The van der Waals surface area contributed by atoms with Crippen LogP contribution in [0, 0.1) is 5.92 Å². The minimum absolute atomic E-state index is 0.231. The van der Waals surface area contributed by atoms with Gasteiger partial charge in [0.2, 0.25) is 0 Å². The summed E-state index contributed by atoms with van der Waals surface area (Å²) in [4.78, 5) is 1.49. The van der Waals surface area contributed by atoms with Gasteiger partial charge in [0.1, 0.15) is 0 Å². The van der Waals surface area contributed by atoms with Crippen LogP contribution < -0.4 is 5.32 Å². The number of halogens is 1. The second kappa shape index (κ2) is 4.56. The van der Waals surface area contributed by atoms with Gasteiger partial charge < -0.3 is 5.32 Å². The van der Waals surface area contributed by atoms with Crippen molar-refractivity contribution in [1.29, 1.82) is 0 Å². The third-order valence-corrected chi connectivity index (χ3v) is 5.24. The summed E-state index contributed by atoms with van der Waals surface area (Å²) < 4.78 is 1.24. The molecule has 84 valence electrons. The van der Waals surface area contributed by atoms with E-state index in [0.29, 0.717) is 5.92 Å². The topological polar surface area (TPSA) is 12.0 Å². The molecule has 1 aliphatic heterocycles. The monoisotopic (exact) mass is 287 g/mol. The maximum atomic E-state index is 3.75. The van der Waals surface area contributed by atoms with E-state index < -0.39 is 0 Å². The summed E-state index contributed by atoms with van der Waals surface area (Å²) in [5.74, 6) is 0.656. The Morgan fingerprint density at radius 2 is 2.20 bits per heavy atom. The van der Waals surface area contributed by atoms with E-state index in [1.165, 1.54) is 27.9 Å². The second-order valence-electron chi connectivity index (χ2n) is 4.61. The van der Waals surface area contributed by atoms with E-state index in [4.69, 9.17) is 0 Å². The lowest BCUT2D eigenvalue weighted by Gasteiger charge is -2.41. The van der Waals surface area contributed by atoms with Gasteiger partial charge in [-0.25, -0.2) is 0 Å². The number of hydrogen-bond donors (Lipinski definition) is 1. The molecule has 0 aromatic carbocycles. The zero-order chi connectivity index (χ0) is 10.9. The van der Waals surface area contributed by atoms with Crippen LogP contribution in [0.5, 0.6) is 0 Å². The molecular weight excluding hydrogens is 270 g/mol. The predicted molar refractivity (Wildman–Crippen MR) is 70.4 cm³/mol. The highest BCUT2D eigenvalue weighted by Crippen LogP contribution is 2.41. The van der Waals surface area contributed by atoms with Gasteiger partial charge in [0.25, 0.3) is 0 Å². The molecule has 1 nitrogen and oxygen atoms in total. The summed E-state index contributed by atoms with van der Waals surface area (Å²) in [7, 11) is 0. The van der Waals surface area contributed by atoms with Crippen molar-refractivity contribution < 1.29 is 0 Å². The van der Waals surface area contributed by atoms with Crippen LogP contribution in [-0.4, -0.2) is 6.54 Å². The van der Waals surface area contributed by atoms with Gasteiger partial charge in [-0.05, 0) is 59.8 Å². The molecule has 1 aromatic heterocycles. The zero-order valence-corrected chi connectivity index (χ0v) is 11.7. The second-order valence-corrected chi connectivity index (χ2v) is 7.08. The SMILES string of the molecule is CC(C)C1(c2ccc(Br)s2)CCCCN1. The van der Waals surface area contributed by atoms with Gasteiger partial charge in [-0.2, -0.15) is 0 Å². The minimum atomic E-state index is 0.231. The van der Waals surface area contributed by atoms with E-state index in [-0.39, 0.29) is 5.54 Å². The maximum absolute atomic E-state index is 3.75. The summed E-state index contributed by atoms with van der Waals surface area (Å²) >= 11 is 5.44. The average Bonchev–Trinajstić information content (AvgIpc) is 2.66. The first-order valence-electron chi connectivity index (χ1n) is 5.66. The number of hydrogen-bond acceptors (Lipinski definition) is 2. The molecule has 1 atom stereocenters. The van der Waals surface area contributed by atoms with Crippen LogP contribution in [0.2, 0.25) is 0 Å². The smallest absolute Gasteiger partial charge is 0.0702 e. The van der Waals surface area contributed by atoms with Crippen LogP contribution in [0.4, 0.5) is 0 Å². The van der Waals surface area contributed by atoms with E-state index in [1.807, 2.05) is 11.3 Å². The Balaban J connectivity index is 2.33. The molecule has 15 heavy (non-hydrogen) atoms. The fraction of sp³-hybridized carbons (Fsp3) is 0.667. The van der Waals surface area contributed by atoms with Crippen molar-refractivity contribution in [3.05, 3.63) is 20.8 Å². The summed E-state index contributed by atoms with van der Waals surface area (Å²) in [5, 5.41) is 3.75. The molecule has 0 bridgehead atoms. The molecule has 1 saturated heterocycles. The highest BCUT2D eigenvalue weighted by molar-refractivity contribution is 9.11. The normalized spacial score (nSPS) is 27.2. The van der Waals surface area contributed by atoms with Crippen LogP contribution in [0.1, 0.15) is 38.0 Å². The summed E-state index contributed by atoms with van der Waals surface area (Å²) in [6, 6.07) is 4.44. The van der Waals surface area contributed by atoms with Crippen molar-refractivity contribution in [3.63, 3.8) is 0 Å². The third kappa shape index (κ3) is 2.15. The van der Waals surface area contributed by atoms with Gasteiger partial charge in [0, 0.05) is 4.88 Å². The molecule has 0 spiro atoms. The quantitative estimate of drug-likeness (QED) is 0.862. The Morgan fingerprint density at radius 3 is 2.67 bits per heavy atom. The van der Waals surface area contributed by atoms with E-state index in [2.05, 4.69) is 47.2 Å². The highest BCUT2D eigenvalue weighted by Gasteiger charge is 2.37. The number of rotatable bonds is 2. The summed E-state index contributed by atoms with van der Waals surface area (Å²) in [6.45, 7) is 5.81. The first-order valence-corrected chi connectivity index (χ1v) is 7.27. The lowest BCUT2D eigenvalue weighted by Crippen LogP contribution is -2.49. The Bertz CT molecular complexity index is 326. The van der Waals surface area contributed by atoms with E-state index in [9.17, 15) is 0 Å². The molecule has 2 heterocycles. The lowest BCUT2D eigenvalue weighted by atomic mass is 9.78. The van der Waals surface area contributed by atoms with Crippen LogP contribution >= 0.6 is 27.3 Å². The molecule has 0 saturated carbocycles. The standard InChI is InChI=1S/C12H18BrNS/c1-9(2)12(7-3-4-8-14-12)10-5-6-11(13)15-10/h5-6,9,14H,3-4,7-8H2,1-2H3. The number of nitrogens with one attached hydrogen (secondary N) is 1. The molecule has 1 aliphatic rings. The van der Waals surface area contributed by atoms with E-state index >= 15 is 0 Å². The Kier molecular flexibility index (Phi) is 3.53. The van der Waals surface area contributed by atoms with Crippen molar-refractivity contribution in [1.82, 2.24) is 5.32 Å². The van der Waals surface area contributed by atoms with Gasteiger partial charge in [0.15, 0.2) is 0 Å². The maximum Gasteiger partial charge on any atom is 0.0702 e. The highest BCUT2D eigenvalue weighted by atomic mass is 79.9. The van der Waals surface area contributed by atoms with Gasteiger partial charge in [-0.3, -0.25) is 0 Å². The van der Waals surface area contributed by atoms with Crippen LogP contribution in [0.25, 0.3) is 0 Å². The van der Waals surface area contributed by atoms with Crippen LogP contribution in [0.15, 0.2) is 15.9 Å². The Labute approximate surface area is 104 Å². The molecule has 0 radical (unpaired) electrons. The average molecular weight is 288 g/mol. The van der Waals surface area contributed by atoms with Gasteiger partial charge in [-0.1, -0.05) is 13.8 Å². The van der Waals surface area contributed by atoms with Gasteiger partial charge in [0.05, 0.1) is 9.33 Å². The minimum Gasteiger partial charge on any atom is -0.307 e. The molecule has 1 fully saturated rings. The van der Waals surface area contributed by atoms with Crippen molar-refractivity contribution in [2.75, 3.05) is 6.54 Å². The first kappa shape index (κ1) is 11.6. The molecule has 3 heteroatoms. The van der Waals surface area contributed by atoms with Crippen molar-refractivity contribution in [2.45, 2.75) is 38.6 Å². The van der Waals surface area contributed by atoms with Crippen molar-refractivity contribution in [2.24, 2.45) is 5.92 Å². The molecular formula is C12H18BrNS. The van der Waals surface area contributed by atoms with E-state index in [0.717, 1.165) is 6.54 Å². The lowest BCUT2D eigenvalue weighted by molar-refractivity contribution is 0.189. The predicted octanol–water partition coefficient (Wildman–Crippen LogP) is 4.14. The van der Waals surface area contributed by atoms with Crippen LogP contribution in [-0.2, 0) is 5.54 Å². The molecule has 2 rings (SSSR count). The fourth-order valence-electron chi connectivity index (χ4n) is 2.47. The third-order valence-electron chi connectivity index (χ3n) is 3.44. The molecule has 1 N–H and O–H groups in total.